The first-order chi connectivity index (χ1) is 9.03. The van der Waals surface area contributed by atoms with Gasteiger partial charge in [-0.1, -0.05) is 25.1 Å². The van der Waals surface area contributed by atoms with E-state index in [1.807, 2.05) is 19.2 Å². The molecule has 0 saturated heterocycles. The second-order valence-corrected chi connectivity index (χ2v) is 7.17. The number of para-hydroxylation sites is 1. The van der Waals surface area contributed by atoms with Crippen molar-refractivity contribution in [3.63, 3.8) is 0 Å². The number of aryl methyl sites for hydroxylation is 1. The molecule has 2 rings (SSSR count). The lowest BCUT2D eigenvalue weighted by molar-refractivity contribution is 0.592. The lowest BCUT2D eigenvalue weighted by Gasteiger charge is -2.04. The Bertz CT molecular complexity index is 659. The maximum absolute atomic E-state index is 11.4. The molecule has 4 nitrogen and oxygen atoms in total. The second kappa shape index (κ2) is 5.75. The largest absolute Gasteiger partial charge is 0.350 e. The highest BCUT2D eigenvalue weighted by Crippen LogP contribution is 2.19. The van der Waals surface area contributed by atoms with Crippen LogP contribution in [0.2, 0.25) is 0 Å². The third-order valence-electron chi connectivity index (χ3n) is 3.32. The fraction of sp³-hybridized carbons (Fsp3) is 0.429. The van der Waals surface area contributed by atoms with Crippen LogP contribution in [0.15, 0.2) is 30.5 Å². The van der Waals surface area contributed by atoms with Crippen molar-refractivity contribution in [1.29, 1.82) is 0 Å². The number of rotatable bonds is 6. The fourth-order valence-corrected chi connectivity index (χ4v) is 2.91. The van der Waals surface area contributed by atoms with Gasteiger partial charge in [0.1, 0.15) is 0 Å². The molecule has 0 aliphatic carbocycles. The summed E-state index contributed by atoms with van der Waals surface area (Å²) in [5.74, 6) is 0.414. The van der Waals surface area contributed by atoms with Gasteiger partial charge in [-0.15, -0.1) is 0 Å². The Balaban J connectivity index is 1.99. The highest BCUT2D eigenvalue weighted by atomic mass is 32.2. The van der Waals surface area contributed by atoms with E-state index in [-0.39, 0.29) is 11.5 Å². The maximum atomic E-state index is 11.4. The van der Waals surface area contributed by atoms with Crippen LogP contribution in [0.5, 0.6) is 0 Å². The average molecular weight is 280 g/mol. The molecular weight excluding hydrogens is 260 g/mol. The number of hydrogen-bond donors (Lipinski definition) is 1. The van der Waals surface area contributed by atoms with Gasteiger partial charge in [-0.25, -0.2) is 8.42 Å². The lowest BCUT2D eigenvalue weighted by atomic mass is 10.2. The normalized spacial score (nSPS) is 12.1. The highest BCUT2D eigenvalue weighted by Gasteiger charge is 2.08. The first kappa shape index (κ1) is 14.1. The summed E-state index contributed by atoms with van der Waals surface area (Å²) in [4.78, 5) is 0. The summed E-state index contributed by atoms with van der Waals surface area (Å²) >= 11 is 0. The predicted octanol–water partition coefficient (Wildman–Crippen LogP) is 1.70. The summed E-state index contributed by atoms with van der Waals surface area (Å²) in [6.07, 6.45) is 2.09. The smallest absolute Gasteiger partial charge is 0.151 e. The van der Waals surface area contributed by atoms with E-state index in [2.05, 4.69) is 28.2 Å². The number of nitrogens with one attached hydrogen (secondary N) is 1. The monoisotopic (exact) mass is 280 g/mol. The summed E-state index contributed by atoms with van der Waals surface area (Å²) in [6, 6.07) is 8.22. The van der Waals surface area contributed by atoms with E-state index in [9.17, 15) is 8.42 Å². The molecule has 0 spiro atoms. The van der Waals surface area contributed by atoms with Crippen molar-refractivity contribution in [2.75, 3.05) is 18.1 Å². The van der Waals surface area contributed by atoms with Gasteiger partial charge >= 0.3 is 0 Å². The summed E-state index contributed by atoms with van der Waals surface area (Å²) < 4.78 is 24.9. The summed E-state index contributed by atoms with van der Waals surface area (Å²) in [6.45, 7) is 2.88. The number of aromatic nitrogens is 1. The number of benzene rings is 1. The first-order valence-electron chi connectivity index (χ1n) is 6.47. The molecule has 1 N–H and O–H groups in total. The Kier molecular flexibility index (Phi) is 4.27. The number of fused-ring (bicyclic) bond motifs is 1. The number of hydrogen-bond acceptors (Lipinski definition) is 3. The Morgan fingerprint density at radius 3 is 2.74 bits per heavy atom. The SMILES string of the molecule is CCS(=O)(=O)CCNCc1cn(C)c2ccccc12. The Hall–Kier alpha value is -1.33. The zero-order chi connectivity index (χ0) is 13.9. The van der Waals surface area contributed by atoms with Crippen LogP contribution in [-0.4, -0.2) is 31.0 Å². The van der Waals surface area contributed by atoms with Crippen LogP contribution < -0.4 is 5.32 Å². The third-order valence-corrected chi connectivity index (χ3v) is 5.03. The Morgan fingerprint density at radius 1 is 1.26 bits per heavy atom. The second-order valence-electron chi connectivity index (χ2n) is 4.70. The molecule has 0 atom stereocenters. The van der Waals surface area contributed by atoms with Gasteiger partial charge in [-0.05, 0) is 11.6 Å². The van der Waals surface area contributed by atoms with Crippen LogP contribution in [-0.2, 0) is 23.4 Å². The molecule has 0 bridgehead atoms. The van der Waals surface area contributed by atoms with Crippen molar-refractivity contribution in [3.05, 3.63) is 36.0 Å². The standard InChI is InChI=1S/C14H20N2O2S/c1-3-19(17,18)9-8-15-10-12-11-16(2)14-7-5-4-6-13(12)14/h4-7,11,15H,3,8-10H2,1-2H3. The Labute approximate surface area is 114 Å². The summed E-state index contributed by atoms with van der Waals surface area (Å²) in [7, 11) is -0.858. The third kappa shape index (κ3) is 3.36. The van der Waals surface area contributed by atoms with Crippen molar-refractivity contribution in [2.24, 2.45) is 7.05 Å². The van der Waals surface area contributed by atoms with Crippen LogP contribution in [0, 0.1) is 0 Å². The quantitative estimate of drug-likeness (QED) is 0.819. The van der Waals surface area contributed by atoms with Gasteiger partial charge in [0.15, 0.2) is 9.84 Å². The summed E-state index contributed by atoms with van der Waals surface area (Å²) in [5, 5.41) is 4.42. The fourth-order valence-electron chi connectivity index (χ4n) is 2.16. The minimum absolute atomic E-state index is 0.203. The van der Waals surface area contributed by atoms with Gasteiger partial charge in [0.2, 0.25) is 0 Å². The van der Waals surface area contributed by atoms with E-state index < -0.39 is 9.84 Å². The molecule has 5 heteroatoms. The van der Waals surface area contributed by atoms with Crippen LogP contribution >= 0.6 is 0 Å². The van der Waals surface area contributed by atoms with Crippen LogP contribution in [0.4, 0.5) is 0 Å². The molecule has 0 fully saturated rings. The molecule has 1 heterocycles. The highest BCUT2D eigenvalue weighted by molar-refractivity contribution is 7.91. The zero-order valence-electron chi connectivity index (χ0n) is 11.4. The summed E-state index contributed by atoms with van der Waals surface area (Å²) in [5.41, 5.74) is 2.40. The van der Waals surface area contributed by atoms with Crippen molar-refractivity contribution in [3.8, 4) is 0 Å². The molecule has 0 radical (unpaired) electrons. The van der Waals surface area contributed by atoms with Crippen LogP contribution in [0.3, 0.4) is 0 Å². The molecule has 0 aliphatic heterocycles. The van der Waals surface area contributed by atoms with Gasteiger partial charge in [0.25, 0.3) is 0 Å². The van der Waals surface area contributed by atoms with Gasteiger partial charge < -0.3 is 9.88 Å². The molecular formula is C14H20N2O2S. The van der Waals surface area contributed by atoms with Gasteiger partial charge in [0.05, 0.1) is 5.75 Å². The zero-order valence-corrected chi connectivity index (χ0v) is 12.2. The average Bonchev–Trinajstić information content (AvgIpc) is 2.72. The van der Waals surface area contributed by atoms with Gasteiger partial charge in [-0.3, -0.25) is 0 Å². The van der Waals surface area contributed by atoms with E-state index >= 15 is 0 Å². The minimum atomic E-state index is -2.88. The molecule has 0 unspecified atom stereocenters. The van der Waals surface area contributed by atoms with E-state index in [4.69, 9.17) is 0 Å². The molecule has 1 aromatic heterocycles. The first-order valence-corrected chi connectivity index (χ1v) is 8.29. The van der Waals surface area contributed by atoms with Crippen LogP contribution in [0.25, 0.3) is 10.9 Å². The minimum Gasteiger partial charge on any atom is -0.350 e. The van der Waals surface area contributed by atoms with Crippen molar-refractivity contribution in [2.45, 2.75) is 13.5 Å². The lowest BCUT2D eigenvalue weighted by Crippen LogP contribution is -2.23. The Morgan fingerprint density at radius 2 is 2.00 bits per heavy atom. The number of nitrogens with zero attached hydrogens (tertiary/aromatic N) is 1. The van der Waals surface area contributed by atoms with E-state index in [0.717, 1.165) is 0 Å². The molecule has 19 heavy (non-hydrogen) atoms. The van der Waals surface area contributed by atoms with Crippen molar-refractivity contribution in [1.82, 2.24) is 9.88 Å². The molecule has 1 aromatic carbocycles. The van der Waals surface area contributed by atoms with Gasteiger partial charge in [-0.2, -0.15) is 0 Å². The van der Waals surface area contributed by atoms with E-state index in [1.54, 1.807) is 6.92 Å². The molecule has 2 aromatic rings. The van der Waals surface area contributed by atoms with Gasteiger partial charge in [0, 0.05) is 43.0 Å². The van der Waals surface area contributed by atoms with Crippen molar-refractivity contribution < 1.29 is 8.42 Å². The molecule has 104 valence electrons. The number of sulfone groups is 1. The molecule has 0 amide bonds. The maximum Gasteiger partial charge on any atom is 0.151 e. The molecule has 0 saturated carbocycles. The topological polar surface area (TPSA) is 51.1 Å². The molecule has 0 aliphatic rings. The van der Waals surface area contributed by atoms with E-state index in [1.165, 1.54) is 16.5 Å². The van der Waals surface area contributed by atoms with Crippen molar-refractivity contribution >= 4 is 20.7 Å². The predicted molar refractivity (Wildman–Crippen MR) is 79.0 cm³/mol. The van der Waals surface area contributed by atoms with Crippen LogP contribution in [0.1, 0.15) is 12.5 Å². The van der Waals surface area contributed by atoms with E-state index in [0.29, 0.717) is 13.1 Å².